The number of hydrogen-bond donors (Lipinski definition) is 1. The Hall–Kier alpha value is -2.99. The molecular formula is C21H20N2O3S. The number of benzene rings is 2. The van der Waals surface area contributed by atoms with Gasteiger partial charge in [0, 0.05) is 12.7 Å². The first-order valence-corrected chi connectivity index (χ1v) is 9.96. The fourth-order valence-corrected chi connectivity index (χ4v) is 3.68. The largest absolute Gasteiger partial charge is 0.348 e. The van der Waals surface area contributed by atoms with Crippen LogP contribution in [0, 0.1) is 13.8 Å². The maximum atomic E-state index is 12.6. The van der Waals surface area contributed by atoms with Gasteiger partial charge in [0.15, 0.2) is 5.03 Å². The van der Waals surface area contributed by atoms with Crippen LogP contribution in [-0.4, -0.2) is 19.3 Å². The van der Waals surface area contributed by atoms with Crippen LogP contribution in [0.4, 0.5) is 0 Å². The molecule has 3 rings (SSSR count). The Morgan fingerprint density at radius 2 is 1.48 bits per heavy atom. The van der Waals surface area contributed by atoms with Gasteiger partial charge in [-0.25, -0.2) is 13.4 Å². The van der Waals surface area contributed by atoms with Crippen LogP contribution in [0.15, 0.2) is 76.8 Å². The van der Waals surface area contributed by atoms with Gasteiger partial charge in [0.2, 0.25) is 9.84 Å². The Balaban J connectivity index is 1.71. The van der Waals surface area contributed by atoms with Crippen molar-refractivity contribution in [2.24, 2.45) is 0 Å². The van der Waals surface area contributed by atoms with Crippen LogP contribution < -0.4 is 5.32 Å². The van der Waals surface area contributed by atoms with Crippen LogP contribution in [0.3, 0.4) is 0 Å². The third-order valence-electron chi connectivity index (χ3n) is 4.18. The van der Waals surface area contributed by atoms with Crippen molar-refractivity contribution in [1.82, 2.24) is 10.3 Å². The van der Waals surface area contributed by atoms with Gasteiger partial charge in [0.05, 0.1) is 10.5 Å². The number of aromatic nitrogens is 1. The number of amides is 1. The summed E-state index contributed by atoms with van der Waals surface area (Å²) in [5.74, 6) is -0.303. The summed E-state index contributed by atoms with van der Waals surface area (Å²) in [7, 11) is -3.70. The molecule has 0 atom stereocenters. The van der Waals surface area contributed by atoms with Crippen molar-refractivity contribution in [2.45, 2.75) is 30.3 Å². The highest BCUT2D eigenvalue weighted by molar-refractivity contribution is 7.91. The molecular weight excluding hydrogens is 360 g/mol. The molecule has 0 saturated carbocycles. The topological polar surface area (TPSA) is 76.1 Å². The summed E-state index contributed by atoms with van der Waals surface area (Å²) in [4.78, 5) is 16.4. The molecule has 0 saturated heterocycles. The molecule has 27 heavy (non-hydrogen) atoms. The van der Waals surface area contributed by atoms with E-state index in [1.54, 1.807) is 24.3 Å². The molecule has 0 aliphatic carbocycles. The standard InChI is InChI=1S/C21H20N2O3S/c1-15-3-7-17(8-4-15)13-23-21(24)18-9-12-20(22-14-18)27(25,26)19-10-5-16(2)6-11-19/h3-12,14H,13H2,1-2H3,(H,23,24). The lowest BCUT2D eigenvalue weighted by Crippen LogP contribution is -2.23. The molecule has 6 heteroatoms. The molecule has 0 bridgehead atoms. The first-order chi connectivity index (χ1) is 12.9. The molecule has 0 fully saturated rings. The Bertz CT molecular complexity index is 1040. The number of hydrogen-bond acceptors (Lipinski definition) is 4. The molecule has 2 aromatic carbocycles. The molecule has 1 N–H and O–H groups in total. The Kier molecular flexibility index (Phi) is 5.37. The molecule has 0 aliphatic heterocycles. The normalized spacial score (nSPS) is 11.2. The minimum atomic E-state index is -3.70. The second-order valence-electron chi connectivity index (χ2n) is 6.37. The van der Waals surface area contributed by atoms with Gasteiger partial charge in [0.25, 0.3) is 5.91 Å². The average Bonchev–Trinajstić information content (AvgIpc) is 2.68. The molecule has 0 spiro atoms. The van der Waals surface area contributed by atoms with Gasteiger partial charge < -0.3 is 5.32 Å². The molecule has 1 amide bonds. The van der Waals surface area contributed by atoms with Gasteiger partial charge in [0.1, 0.15) is 0 Å². The van der Waals surface area contributed by atoms with Gasteiger partial charge in [-0.2, -0.15) is 0 Å². The monoisotopic (exact) mass is 380 g/mol. The maximum absolute atomic E-state index is 12.6. The predicted molar refractivity (Wildman–Crippen MR) is 103 cm³/mol. The molecule has 138 valence electrons. The molecule has 1 aromatic heterocycles. The quantitative estimate of drug-likeness (QED) is 0.735. The van der Waals surface area contributed by atoms with E-state index in [0.29, 0.717) is 12.1 Å². The molecule has 0 radical (unpaired) electrons. The van der Waals surface area contributed by atoms with Crippen LogP contribution in [0.25, 0.3) is 0 Å². The second-order valence-corrected chi connectivity index (χ2v) is 8.27. The number of sulfone groups is 1. The zero-order chi connectivity index (χ0) is 19.4. The van der Waals surface area contributed by atoms with Crippen molar-refractivity contribution in [3.8, 4) is 0 Å². The number of nitrogens with zero attached hydrogens (tertiary/aromatic N) is 1. The highest BCUT2D eigenvalue weighted by Crippen LogP contribution is 2.19. The third kappa shape index (κ3) is 4.41. The number of nitrogens with one attached hydrogen (secondary N) is 1. The molecule has 5 nitrogen and oxygen atoms in total. The molecule has 0 unspecified atom stereocenters. The van der Waals surface area contributed by atoms with Crippen LogP contribution in [0.2, 0.25) is 0 Å². The lowest BCUT2D eigenvalue weighted by molar-refractivity contribution is 0.0950. The molecule has 1 heterocycles. The zero-order valence-electron chi connectivity index (χ0n) is 15.1. The van der Waals surface area contributed by atoms with E-state index in [0.717, 1.165) is 16.7 Å². The lowest BCUT2D eigenvalue weighted by atomic mass is 10.1. The van der Waals surface area contributed by atoms with E-state index >= 15 is 0 Å². The van der Waals surface area contributed by atoms with Crippen molar-refractivity contribution >= 4 is 15.7 Å². The van der Waals surface area contributed by atoms with E-state index in [1.165, 1.54) is 18.3 Å². The summed E-state index contributed by atoms with van der Waals surface area (Å²) in [6.07, 6.45) is 1.28. The summed E-state index contributed by atoms with van der Waals surface area (Å²) in [5.41, 5.74) is 3.42. The van der Waals surface area contributed by atoms with Gasteiger partial charge in [-0.15, -0.1) is 0 Å². The summed E-state index contributed by atoms with van der Waals surface area (Å²) in [6, 6.07) is 17.3. The SMILES string of the molecule is Cc1ccc(CNC(=O)c2ccc(S(=O)(=O)c3ccc(C)cc3)nc2)cc1. The summed E-state index contributed by atoms with van der Waals surface area (Å²) < 4.78 is 25.2. The van der Waals surface area contributed by atoms with Crippen molar-refractivity contribution in [3.05, 3.63) is 89.1 Å². The minimum absolute atomic E-state index is 0.0820. The maximum Gasteiger partial charge on any atom is 0.253 e. The van der Waals surface area contributed by atoms with Crippen molar-refractivity contribution in [3.63, 3.8) is 0 Å². The Morgan fingerprint density at radius 3 is 2.04 bits per heavy atom. The van der Waals surface area contributed by atoms with Gasteiger partial charge in [-0.3, -0.25) is 4.79 Å². The lowest BCUT2D eigenvalue weighted by Gasteiger charge is -2.07. The highest BCUT2D eigenvalue weighted by Gasteiger charge is 2.19. The molecule has 3 aromatic rings. The zero-order valence-corrected chi connectivity index (χ0v) is 16.0. The number of aryl methyl sites for hydroxylation is 2. The Morgan fingerprint density at radius 1 is 0.889 bits per heavy atom. The third-order valence-corrected chi connectivity index (χ3v) is 5.86. The van der Waals surface area contributed by atoms with E-state index in [-0.39, 0.29) is 15.8 Å². The van der Waals surface area contributed by atoms with E-state index < -0.39 is 9.84 Å². The number of carbonyl (C=O) groups is 1. The second kappa shape index (κ2) is 7.72. The van der Waals surface area contributed by atoms with Gasteiger partial charge in [-0.1, -0.05) is 47.5 Å². The average molecular weight is 380 g/mol. The first-order valence-electron chi connectivity index (χ1n) is 8.48. The van der Waals surface area contributed by atoms with Crippen molar-refractivity contribution in [2.75, 3.05) is 0 Å². The van der Waals surface area contributed by atoms with Crippen molar-refractivity contribution < 1.29 is 13.2 Å². The molecule has 0 aliphatic rings. The fourth-order valence-electron chi connectivity index (χ4n) is 2.50. The number of pyridine rings is 1. The van der Waals surface area contributed by atoms with Gasteiger partial charge >= 0.3 is 0 Å². The Labute approximate surface area is 159 Å². The van der Waals surface area contributed by atoms with Crippen LogP contribution >= 0.6 is 0 Å². The van der Waals surface area contributed by atoms with Crippen LogP contribution in [0.5, 0.6) is 0 Å². The number of rotatable bonds is 5. The van der Waals surface area contributed by atoms with Gasteiger partial charge in [-0.05, 0) is 43.7 Å². The fraction of sp³-hybridized carbons (Fsp3) is 0.143. The summed E-state index contributed by atoms with van der Waals surface area (Å²) >= 11 is 0. The smallest absolute Gasteiger partial charge is 0.253 e. The van der Waals surface area contributed by atoms with E-state index in [1.807, 2.05) is 38.1 Å². The minimum Gasteiger partial charge on any atom is -0.348 e. The predicted octanol–water partition coefficient (Wildman–Crippen LogP) is 3.46. The first kappa shape index (κ1) is 18.8. The number of carbonyl (C=O) groups excluding carboxylic acids is 1. The van der Waals surface area contributed by atoms with E-state index in [2.05, 4.69) is 10.3 Å². The van der Waals surface area contributed by atoms with E-state index in [4.69, 9.17) is 0 Å². The van der Waals surface area contributed by atoms with E-state index in [9.17, 15) is 13.2 Å². The summed E-state index contributed by atoms with van der Waals surface area (Å²) in [6.45, 7) is 4.28. The highest BCUT2D eigenvalue weighted by atomic mass is 32.2. The van der Waals surface area contributed by atoms with Crippen LogP contribution in [-0.2, 0) is 16.4 Å². The van der Waals surface area contributed by atoms with Crippen LogP contribution in [0.1, 0.15) is 27.0 Å². The summed E-state index contributed by atoms with van der Waals surface area (Å²) in [5, 5.41) is 2.72. The van der Waals surface area contributed by atoms with Crippen molar-refractivity contribution in [1.29, 1.82) is 0 Å².